The Bertz CT molecular complexity index is 800. The number of benzene rings is 2. The number of amides is 1. The van der Waals surface area contributed by atoms with Crippen molar-refractivity contribution in [3.8, 4) is 0 Å². The zero-order chi connectivity index (χ0) is 17.7. The molecule has 4 N–H and O–H groups in total. The number of aryl methyl sites for hydroxylation is 1. The number of carbonyl (C=O) groups is 1. The van der Waals surface area contributed by atoms with Crippen molar-refractivity contribution in [3.63, 3.8) is 0 Å². The molecule has 0 saturated carbocycles. The first-order valence-corrected chi connectivity index (χ1v) is 9.13. The van der Waals surface area contributed by atoms with Crippen LogP contribution in [0.2, 0.25) is 0 Å². The predicted molar refractivity (Wildman–Crippen MR) is 95.3 cm³/mol. The molecule has 1 unspecified atom stereocenters. The van der Waals surface area contributed by atoms with E-state index >= 15 is 0 Å². The van der Waals surface area contributed by atoms with Crippen molar-refractivity contribution < 1.29 is 13.2 Å². The summed E-state index contributed by atoms with van der Waals surface area (Å²) in [7, 11) is -3.74. The zero-order valence-electron chi connectivity index (χ0n) is 13.6. The van der Waals surface area contributed by atoms with Gasteiger partial charge in [-0.15, -0.1) is 0 Å². The molecule has 2 aromatic carbocycles. The third kappa shape index (κ3) is 4.81. The van der Waals surface area contributed by atoms with Gasteiger partial charge < -0.3 is 10.6 Å². The number of nitrogens with two attached hydrogens (primary N) is 1. The minimum atomic E-state index is -3.74. The van der Waals surface area contributed by atoms with Crippen molar-refractivity contribution in [2.24, 2.45) is 5.14 Å². The van der Waals surface area contributed by atoms with Crippen LogP contribution in [0.25, 0.3) is 0 Å². The topological polar surface area (TPSA) is 101 Å². The van der Waals surface area contributed by atoms with E-state index in [-0.39, 0.29) is 10.8 Å². The lowest BCUT2D eigenvalue weighted by molar-refractivity contribution is -0.116. The van der Waals surface area contributed by atoms with Crippen molar-refractivity contribution in [1.29, 1.82) is 0 Å². The van der Waals surface area contributed by atoms with Crippen molar-refractivity contribution in [2.75, 3.05) is 10.6 Å². The van der Waals surface area contributed by atoms with Crippen LogP contribution in [0.1, 0.15) is 19.4 Å². The van der Waals surface area contributed by atoms with Crippen LogP contribution >= 0.6 is 0 Å². The van der Waals surface area contributed by atoms with Gasteiger partial charge in [-0.3, -0.25) is 4.79 Å². The Morgan fingerprint density at radius 3 is 2.08 bits per heavy atom. The summed E-state index contributed by atoms with van der Waals surface area (Å²) in [6.45, 7) is 3.83. The Labute approximate surface area is 142 Å². The largest absolute Gasteiger partial charge is 0.374 e. The number of sulfonamides is 1. The molecule has 1 atom stereocenters. The number of rotatable bonds is 6. The second kappa shape index (κ2) is 7.46. The lowest BCUT2D eigenvalue weighted by Crippen LogP contribution is -2.31. The average Bonchev–Trinajstić information content (AvgIpc) is 2.55. The molecule has 0 fully saturated rings. The van der Waals surface area contributed by atoms with Crippen LogP contribution in [0.4, 0.5) is 11.4 Å². The fraction of sp³-hybridized carbons (Fsp3) is 0.235. The Morgan fingerprint density at radius 2 is 1.58 bits per heavy atom. The first-order chi connectivity index (χ1) is 11.3. The molecule has 0 aliphatic carbocycles. The third-order valence-electron chi connectivity index (χ3n) is 3.59. The molecule has 2 rings (SSSR count). The summed E-state index contributed by atoms with van der Waals surface area (Å²) in [6, 6.07) is 13.2. The van der Waals surface area contributed by atoms with E-state index in [1.807, 2.05) is 24.3 Å². The molecule has 24 heavy (non-hydrogen) atoms. The second-order valence-corrected chi connectivity index (χ2v) is 7.04. The highest BCUT2D eigenvalue weighted by atomic mass is 32.2. The van der Waals surface area contributed by atoms with Crippen LogP contribution in [0.3, 0.4) is 0 Å². The molecule has 0 radical (unpaired) electrons. The minimum absolute atomic E-state index is 0.00249. The van der Waals surface area contributed by atoms with Gasteiger partial charge in [0, 0.05) is 11.4 Å². The van der Waals surface area contributed by atoms with Crippen LogP contribution in [-0.4, -0.2) is 20.4 Å². The normalized spacial score (nSPS) is 12.5. The quantitative estimate of drug-likeness (QED) is 0.746. The molecule has 2 aromatic rings. The monoisotopic (exact) mass is 347 g/mol. The van der Waals surface area contributed by atoms with Gasteiger partial charge in [-0.05, 0) is 55.3 Å². The minimum Gasteiger partial charge on any atom is -0.374 e. The first kappa shape index (κ1) is 18.0. The van der Waals surface area contributed by atoms with Gasteiger partial charge in [0.15, 0.2) is 0 Å². The molecule has 0 heterocycles. The summed E-state index contributed by atoms with van der Waals surface area (Å²) in [4.78, 5) is 12.2. The van der Waals surface area contributed by atoms with E-state index in [9.17, 15) is 13.2 Å². The molecule has 1 amide bonds. The summed E-state index contributed by atoms with van der Waals surface area (Å²) in [5.41, 5.74) is 2.59. The average molecular weight is 347 g/mol. The van der Waals surface area contributed by atoms with Gasteiger partial charge in [0.1, 0.15) is 6.04 Å². The molecular formula is C17H21N3O3S. The van der Waals surface area contributed by atoms with Gasteiger partial charge in [-0.2, -0.15) is 0 Å². The maximum atomic E-state index is 12.2. The lowest BCUT2D eigenvalue weighted by Gasteiger charge is -2.15. The van der Waals surface area contributed by atoms with E-state index < -0.39 is 16.1 Å². The van der Waals surface area contributed by atoms with Gasteiger partial charge in [-0.1, -0.05) is 19.1 Å². The smallest absolute Gasteiger partial charge is 0.246 e. The molecule has 0 saturated heterocycles. The molecule has 128 valence electrons. The van der Waals surface area contributed by atoms with Crippen LogP contribution in [0.15, 0.2) is 53.4 Å². The van der Waals surface area contributed by atoms with Crippen LogP contribution < -0.4 is 15.8 Å². The number of primary sulfonamides is 1. The summed E-state index contributed by atoms with van der Waals surface area (Å²) < 4.78 is 22.4. The van der Waals surface area contributed by atoms with Gasteiger partial charge in [0.25, 0.3) is 0 Å². The Kier molecular flexibility index (Phi) is 5.58. The lowest BCUT2D eigenvalue weighted by atomic mass is 10.1. The molecule has 6 nitrogen and oxygen atoms in total. The predicted octanol–water partition coefficient (Wildman–Crippen LogP) is 2.34. The number of anilines is 2. The molecular weight excluding hydrogens is 326 g/mol. The van der Waals surface area contributed by atoms with Gasteiger partial charge >= 0.3 is 0 Å². The molecule has 0 spiro atoms. The molecule has 0 aromatic heterocycles. The number of nitrogens with one attached hydrogen (secondary N) is 2. The Balaban J connectivity index is 1.98. The van der Waals surface area contributed by atoms with Gasteiger partial charge in [0.2, 0.25) is 15.9 Å². The standard InChI is InChI=1S/C17H21N3O3S/c1-3-13-4-6-14(7-5-13)19-12(2)17(21)20-15-8-10-16(11-9-15)24(18,22)23/h4-12,19H,3H2,1-2H3,(H,20,21)(H2,18,22,23). The molecule has 0 aliphatic heterocycles. The van der Waals surface area contributed by atoms with Gasteiger partial charge in [0.05, 0.1) is 4.90 Å². The van der Waals surface area contributed by atoms with Crippen molar-refractivity contribution in [1.82, 2.24) is 0 Å². The van der Waals surface area contributed by atoms with Crippen molar-refractivity contribution in [2.45, 2.75) is 31.2 Å². The van der Waals surface area contributed by atoms with E-state index in [4.69, 9.17) is 5.14 Å². The van der Waals surface area contributed by atoms with Crippen LogP contribution in [0, 0.1) is 0 Å². The third-order valence-corrected chi connectivity index (χ3v) is 4.52. The van der Waals surface area contributed by atoms with Crippen LogP contribution in [-0.2, 0) is 21.2 Å². The van der Waals surface area contributed by atoms with Crippen molar-refractivity contribution in [3.05, 3.63) is 54.1 Å². The molecule has 0 bridgehead atoms. The first-order valence-electron chi connectivity index (χ1n) is 7.59. The Hall–Kier alpha value is -2.38. The summed E-state index contributed by atoms with van der Waals surface area (Å²) in [5.74, 6) is -0.224. The van der Waals surface area contributed by atoms with E-state index in [2.05, 4.69) is 17.6 Å². The van der Waals surface area contributed by atoms with Crippen LogP contribution in [0.5, 0.6) is 0 Å². The van der Waals surface area contributed by atoms with E-state index in [1.54, 1.807) is 6.92 Å². The Morgan fingerprint density at radius 1 is 1.04 bits per heavy atom. The fourth-order valence-electron chi connectivity index (χ4n) is 2.13. The summed E-state index contributed by atoms with van der Waals surface area (Å²) in [5, 5.41) is 10.9. The number of hydrogen-bond donors (Lipinski definition) is 3. The zero-order valence-corrected chi connectivity index (χ0v) is 14.4. The second-order valence-electron chi connectivity index (χ2n) is 5.48. The maximum Gasteiger partial charge on any atom is 0.246 e. The summed E-state index contributed by atoms with van der Waals surface area (Å²) >= 11 is 0. The maximum absolute atomic E-state index is 12.2. The number of hydrogen-bond acceptors (Lipinski definition) is 4. The number of carbonyl (C=O) groups excluding carboxylic acids is 1. The van der Waals surface area contributed by atoms with Gasteiger partial charge in [-0.25, -0.2) is 13.6 Å². The highest BCUT2D eigenvalue weighted by Crippen LogP contribution is 2.15. The SMILES string of the molecule is CCc1ccc(NC(C)C(=O)Nc2ccc(S(N)(=O)=O)cc2)cc1. The van der Waals surface area contributed by atoms with E-state index in [1.165, 1.54) is 29.8 Å². The van der Waals surface area contributed by atoms with E-state index in [0.29, 0.717) is 5.69 Å². The van der Waals surface area contributed by atoms with Crippen molar-refractivity contribution >= 4 is 27.3 Å². The fourth-order valence-corrected chi connectivity index (χ4v) is 2.65. The van der Waals surface area contributed by atoms with E-state index in [0.717, 1.165) is 12.1 Å². The molecule has 7 heteroatoms. The molecule has 0 aliphatic rings. The summed E-state index contributed by atoms with van der Waals surface area (Å²) in [6.07, 6.45) is 0.963. The highest BCUT2D eigenvalue weighted by molar-refractivity contribution is 7.89. The highest BCUT2D eigenvalue weighted by Gasteiger charge is 2.13.